The van der Waals surface area contributed by atoms with Crippen LogP contribution in [-0.4, -0.2) is 9.55 Å². The van der Waals surface area contributed by atoms with Gasteiger partial charge in [-0.15, -0.1) is 0 Å². The van der Waals surface area contributed by atoms with Crippen molar-refractivity contribution in [3.8, 4) is 28.2 Å². The number of hydrogen-bond donors (Lipinski definition) is 0. The van der Waals surface area contributed by atoms with Crippen LogP contribution in [0.25, 0.3) is 50.2 Å². The van der Waals surface area contributed by atoms with Crippen LogP contribution in [0.5, 0.6) is 0 Å². The van der Waals surface area contributed by atoms with Crippen molar-refractivity contribution in [1.29, 1.82) is 0 Å². The Labute approximate surface area is 218 Å². The highest BCUT2D eigenvalue weighted by atomic mass is 16.3. The molecule has 0 unspecified atom stereocenters. The molecule has 0 fully saturated rings. The number of para-hydroxylation sites is 2. The Hall–Kier alpha value is -4.11. The van der Waals surface area contributed by atoms with Crippen LogP contribution < -0.4 is 0 Å². The van der Waals surface area contributed by atoms with Gasteiger partial charge in [-0.05, 0) is 83.8 Å². The van der Waals surface area contributed by atoms with E-state index in [2.05, 4.69) is 118 Å². The molecule has 0 saturated carbocycles. The molecule has 0 aliphatic heterocycles. The van der Waals surface area contributed by atoms with Gasteiger partial charge in [0.05, 0.1) is 16.6 Å². The summed E-state index contributed by atoms with van der Waals surface area (Å²) >= 11 is 0. The van der Waals surface area contributed by atoms with Crippen LogP contribution >= 0.6 is 0 Å². The standard InChI is InChI=1S/C34H32N2O/c1-22-17-26(18-23(2)32(22)25-11-7-6-8-12-25)36-30-14-10-9-13-29(30)35-33(36)28-21-37-31-19-24(15-16-27(28)31)20-34(3,4)5/h6-19,21H,20H2,1-5H3. The molecule has 0 aliphatic carbocycles. The van der Waals surface area contributed by atoms with Crippen LogP contribution in [0.3, 0.4) is 0 Å². The van der Waals surface area contributed by atoms with Crippen molar-refractivity contribution in [2.45, 2.75) is 41.0 Å². The molecule has 0 N–H and O–H groups in total. The summed E-state index contributed by atoms with van der Waals surface area (Å²) in [5, 5.41) is 1.09. The molecule has 6 aromatic rings. The van der Waals surface area contributed by atoms with Crippen molar-refractivity contribution >= 4 is 22.0 Å². The Morgan fingerprint density at radius 3 is 2.24 bits per heavy atom. The van der Waals surface area contributed by atoms with Crippen LogP contribution in [0.4, 0.5) is 0 Å². The van der Waals surface area contributed by atoms with Gasteiger partial charge in [0.15, 0.2) is 0 Å². The third-order valence-electron chi connectivity index (χ3n) is 7.01. The average Bonchev–Trinajstić information content (AvgIpc) is 3.44. The van der Waals surface area contributed by atoms with Crippen LogP contribution in [-0.2, 0) is 6.42 Å². The number of hydrogen-bond acceptors (Lipinski definition) is 2. The van der Waals surface area contributed by atoms with E-state index >= 15 is 0 Å². The molecule has 0 saturated heterocycles. The van der Waals surface area contributed by atoms with Crippen molar-refractivity contribution in [2.75, 3.05) is 0 Å². The first-order valence-corrected chi connectivity index (χ1v) is 12.9. The summed E-state index contributed by atoms with van der Waals surface area (Å²) in [6.07, 6.45) is 2.87. The highest BCUT2D eigenvalue weighted by Crippen LogP contribution is 2.37. The molecule has 0 spiro atoms. The molecule has 6 rings (SSSR count). The molecule has 2 aromatic heterocycles. The lowest BCUT2D eigenvalue weighted by molar-refractivity contribution is 0.411. The Balaban J connectivity index is 1.54. The second-order valence-corrected chi connectivity index (χ2v) is 11.3. The first kappa shape index (κ1) is 23.3. The lowest BCUT2D eigenvalue weighted by Gasteiger charge is -2.18. The van der Waals surface area contributed by atoms with Crippen LogP contribution in [0.1, 0.15) is 37.5 Å². The maximum Gasteiger partial charge on any atom is 0.149 e. The zero-order chi connectivity index (χ0) is 25.7. The molecule has 0 radical (unpaired) electrons. The van der Waals surface area contributed by atoms with Crippen molar-refractivity contribution in [2.24, 2.45) is 5.41 Å². The van der Waals surface area contributed by atoms with Gasteiger partial charge in [-0.2, -0.15) is 0 Å². The molecule has 4 aromatic carbocycles. The van der Waals surface area contributed by atoms with Crippen LogP contribution in [0.2, 0.25) is 0 Å². The first-order valence-electron chi connectivity index (χ1n) is 12.9. The van der Waals surface area contributed by atoms with Gasteiger partial charge in [-0.1, -0.05) is 75.4 Å². The zero-order valence-corrected chi connectivity index (χ0v) is 22.2. The topological polar surface area (TPSA) is 31.0 Å². The maximum atomic E-state index is 6.12. The van der Waals surface area contributed by atoms with Crippen molar-refractivity contribution in [3.63, 3.8) is 0 Å². The van der Waals surface area contributed by atoms with E-state index in [9.17, 15) is 0 Å². The Bertz CT molecular complexity index is 1720. The SMILES string of the molecule is Cc1cc(-n2c(-c3coc4cc(CC(C)(C)C)ccc34)nc3ccccc32)cc(C)c1-c1ccccc1. The Morgan fingerprint density at radius 2 is 1.51 bits per heavy atom. The molecule has 0 amide bonds. The molecular weight excluding hydrogens is 452 g/mol. The van der Waals surface area contributed by atoms with E-state index in [0.717, 1.165) is 45.5 Å². The predicted octanol–water partition coefficient (Wildman–Crippen LogP) is 9.31. The smallest absolute Gasteiger partial charge is 0.149 e. The fraction of sp³-hybridized carbons (Fsp3) is 0.206. The summed E-state index contributed by atoms with van der Waals surface area (Å²) in [5.41, 5.74) is 11.6. The monoisotopic (exact) mass is 484 g/mol. The summed E-state index contributed by atoms with van der Waals surface area (Å²) in [4.78, 5) is 5.11. The number of nitrogens with zero attached hydrogens (tertiary/aromatic N) is 2. The van der Waals surface area contributed by atoms with Gasteiger partial charge in [-0.25, -0.2) is 4.98 Å². The van der Waals surface area contributed by atoms with E-state index in [1.807, 2.05) is 12.3 Å². The quantitative estimate of drug-likeness (QED) is 0.250. The van der Waals surface area contributed by atoms with Gasteiger partial charge in [0.25, 0.3) is 0 Å². The molecule has 37 heavy (non-hydrogen) atoms. The minimum absolute atomic E-state index is 0.221. The fourth-order valence-corrected chi connectivity index (χ4v) is 5.57. The average molecular weight is 485 g/mol. The normalized spacial score (nSPS) is 12.0. The van der Waals surface area contributed by atoms with Gasteiger partial charge in [0, 0.05) is 11.1 Å². The largest absolute Gasteiger partial charge is 0.464 e. The van der Waals surface area contributed by atoms with Gasteiger partial charge in [-0.3, -0.25) is 4.57 Å². The number of aromatic nitrogens is 2. The first-order chi connectivity index (χ1) is 17.8. The lowest BCUT2D eigenvalue weighted by Crippen LogP contribution is -2.08. The second-order valence-electron chi connectivity index (χ2n) is 11.3. The number of rotatable bonds is 4. The van der Waals surface area contributed by atoms with Gasteiger partial charge in [0.1, 0.15) is 17.7 Å². The second kappa shape index (κ2) is 8.77. The summed E-state index contributed by atoms with van der Waals surface area (Å²) in [5.74, 6) is 0.898. The molecular formula is C34H32N2O. The molecule has 184 valence electrons. The summed E-state index contributed by atoms with van der Waals surface area (Å²) in [6, 6.07) is 30.1. The molecule has 0 atom stereocenters. The van der Waals surface area contributed by atoms with Crippen LogP contribution in [0.15, 0.2) is 95.6 Å². The van der Waals surface area contributed by atoms with Gasteiger partial charge >= 0.3 is 0 Å². The lowest BCUT2D eigenvalue weighted by atomic mass is 9.88. The minimum Gasteiger partial charge on any atom is -0.464 e. The molecule has 3 heteroatoms. The summed E-state index contributed by atoms with van der Waals surface area (Å²) in [6.45, 7) is 11.2. The predicted molar refractivity (Wildman–Crippen MR) is 154 cm³/mol. The number of aryl methyl sites for hydroxylation is 2. The molecule has 0 aliphatic rings. The van der Waals surface area contributed by atoms with E-state index in [1.165, 1.54) is 27.8 Å². The van der Waals surface area contributed by atoms with Crippen molar-refractivity contribution in [3.05, 3.63) is 108 Å². The van der Waals surface area contributed by atoms with Gasteiger partial charge < -0.3 is 4.42 Å². The van der Waals surface area contributed by atoms with E-state index in [0.29, 0.717) is 0 Å². The molecule has 3 nitrogen and oxygen atoms in total. The van der Waals surface area contributed by atoms with E-state index < -0.39 is 0 Å². The van der Waals surface area contributed by atoms with Crippen LogP contribution in [0, 0.1) is 19.3 Å². The van der Waals surface area contributed by atoms with E-state index in [1.54, 1.807) is 0 Å². The number of furan rings is 1. The Kier molecular flexibility index (Phi) is 5.52. The highest BCUT2D eigenvalue weighted by molar-refractivity contribution is 5.95. The highest BCUT2D eigenvalue weighted by Gasteiger charge is 2.20. The summed E-state index contributed by atoms with van der Waals surface area (Å²) < 4.78 is 8.39. The number of benzene rings is 4. The Morgan fingerprint density at radius 1 is 0.811 bits per heavy atom. The minimum atomic E-state index is 0.221. The maximum absolute atomic E-state index is 6.12. The van der Waals surface area contributed by atoms with E-state index in [-0.39, 0.29) is 5.41 Å². The van der Waals surface area contributed by atoms with Gasteiger partial charge in [0.2, 0.25) is 0 Å². The third-order valence-corrected chi connectivity index (χ3v) is 7.01. The molecule has 0 bridgehead atoms. The van der Waals surface area contributed by atoms with E-state index in [4.69, 9.17) is 9.40 Å². The number of imidazole rings is 1. The zero-order valence-electron chi connectivity index (χ0n) is 22.2. The van der Waals surface area contributed by atoms with Crippen molar-refractivity contribution < 1.29 is 4.42 Å². The third kappa shape index (κ3) is 4.25. The molecule has 2 heterocycles. The van der Waals surface area contributed by atoms with Crippen molar-refractivity contribution in [1.82, 2.24) is 9.55 Å². The fourth-order valence-electron chi connectivity index (χ4n) is 5.57. The summed E-state index contributed by atoms with van der Waals surface area (Å²) in [7, 11) is 0. The number of fused-ring (bicyclic) bond motifs is 2.